The molecule has 11 nitrogen and oxygen atoms in total. The van der Waals surface area contributed by atoms with E-state index in [0.29, 0.717) is 67.7 Å². The largest absolute Gasteiger partial charge is 0.504 e. The van der Waals surface area contributed by atoms with Crippen LogP contribution in [-0.4, -0.2) is 59.1 Å². The number of nitriles is 2. The molecule has 2 aromatic carbocycles. The Morgan fingerprint density at radius 3 is 2.38 bits per heavy atom. The first-order valence-electron chi connectivity index (χ1n) is 15.0. The minimum atomic E-state index is -0.781. The summed E-state index contributed by atoms with van der Waals surface area (Å²) >= 11 is 0. The van der Waals surface area contributed by atoms with E-state index in [1.807, 2.05) is 11.0 Å². The number of carbonyl (C=O) groups is 2. The van der Waals surface area contributed by atoms with Crippen molar-refractivity contribution in [2.75, 3.05) is 20.2 Å². The molecule has 2 aliphatic rings. The van der Waals surface area contributed by atoms with E-state index in [1.165, 1.54) is 25.3 Å². The lowest BCUT2D eigenvalue weighted by Crippen LogP contribution is -2.49. The van der Waals surface area contributed by atoms with Crippen molar-refractivity contribution in [1.29, 1.82) is 10.5 Å². The molecule has 0 spiro atoms. The summed E-state index contributed by atoms with van der Waals surface area (Å²) in [6.07, 6.45) is 6.61. The number of piperidine rings is 1. The van der Waals surface area contributed by atoms with Gasteiger partial charge in [0, 0.05) is 44.1 Å². The lowest BCUT2D eigenvalue weighted by Gasteiger charge is -2.39. The first-order valence-corrected chi connectivity index (χ1v) is 15.0. The number of allylic oxidation sites excluding steroid dienone is 1. The molecule has 2 aromatic rings. The minimum Gasteiger partial charge on any atom is -0.504 e. The smallest absolute Gasteiger partial charge is 0.243 e. The van der Waals surface area contributed by atoms with Crippen molar-refractivity contribution in [3.8, 4) is 23.6 Å². The highest BCUT2D eigenvalue weighted by molar-refractivity contribution is 5.95. The molecule has 2 unspecified atom stereocenters. The molecular formula is C33H37FN6O5. The number of unbranched alkanes of at least 4 members (excludes halogenated alkanes) is 3. The van der Waals surface area contributed by atoms with Crippen LogP contribution in [0, 0.1) is 34.4 Å². The Hall–Kier alpha value is -4.94. The zero-order chi connectivity index (χ0) is 32.3. The van der Waals surface area contributed by atoms with Crippen LogP contribution in [0.25, 0.3) is 5.57 Å². The van der Waals surface area contributed by atoms with Crippen molar-refractivity contribution in [2.45, 2.75) is 63.3 Å². The fourth-order valence-electron chi connectivity index (χ4n) is 5.88. The highest BCUT2D eigenvalue weighted by Crippen LogP contribution is 2.44. The lowest BCUT2D eigenvalue weighted by molar-refractivity contribution is -0.129. The van der Waals surface area contributed by atoms with E-state index < -0.39 is 23.6 Å². The van der Waals surface area contributed by atoms with Gasteiger partial charge in [-0.15, -0.1) is 0 Å². The predicted molar refractivity (Wildman–Crippen MR) is 163 cm³/mol. The Morgan fingerprint density at radius 1 is 1.07 bits per heavy atom. The molecule has 2 aliphatic heterocycles. The zero-order valence-electron chi connectivity index (χ0n) is 25.1. The van der Waals surface area contributed by atoms with Gasteiger partial charge >= 0.3 is 0 Å². The second-order valence-electron chi connectivity index (χ2n) is 11.2. The number of likely N-dealkylation sites (tertiary alicyclic amines) is 1. The van der Waals surface area contributed by atoms with Gasteiger partial charge in [-0.25, -0.2) is 14.9 Å². The Bertz CT molecular complexity index is 1540. The summed E-state index contributed by atoms with van der Waals surface area (Å²) in [5.74, 6) is -1.77. The summed E-state index contributed by atoms with van der Waals surface area (Å²) in [5.41, 5.74) is 3.24. The quantitative estimate of drug-likeness (QED) is 0.162. The number of carbonyl (C=O) groups excluding carboxylic acids is 2. The topological polar surface area (TPSA) is 171 Å². The third kappa shape index (κ3) is 8.16. The normalized spacial score (nSPS) is 18.2. The summed E-state index contributed by atoms with van der Waals surface area (Å²) in [6, 6.07) is 13.4. The van der Waals surface area contributed by atoms with Crippen LogP contribution in [-0.2, 0) is 9.59 Å². The molecule has 0 aromatic heterocycles. The third-order valence-electron chi connectivity index (χ3n) is 8.27. The minimum absolute atomic E-state index is 0.0106. The number of halogens is 1. The number of amides is 2. The van der Waals surface area contributed by atoms with Gasteiger partial charge in [0.05, 0.1) is 18.7 Å². The maximum atomic E-state index is 14.8. The van der Waals surface area contributed by atoms with Crippen LogP contribution in [0.3, 0.4) is 0 Å². The van der Waals surface area contributed by atoms with E-state index in [4.69, 9.17) is 14.9 Å². The van der Waals surface area contributed by atoms with Crippen molar-refractivity contribution < 1.29 is 29.0 Å². The number of benzene rings is 2. The first-order chi connectivity index (χ1) is 21.8. The predicted octanol–water partition coefficient (Wildman–Crippen LogP) is 4.51. The standard InChI is InChI=1S/C33H37FN6O5/c1-45-29-11-10-21(17-28(29)41)26-20-37-33(25(19-36)32(26)22-8-9-23(18-35)27(34)16-22)40-14-12-24(13-15-40)38-30(42)6-4-2-3-5-7-31(43)39-44/h8-11,16-17,20,24-25,32,41,44H,2-7,12-15H2,1H3,(H,38,42)(H,39,43). The number of methoxy groups -OCH3 is 1. The summed E-state index contributed by atoms with van der Waals surface area (Å²) < 4.78 is 20.0. The van der Waals surface area contributed by atoms with Gasteiger partial charge < -0.3 is 20.1 Å². The fourth-order valence-corrected chi connectivity index (χ4v) is 5.88. The monoisotopic (exact) mass is 616 g/mol. The van der Waals surface area contributed by atoms with Crippen LogP contribution >= 0.6 is 0 Å². The number of rotatable bonds is 11. The van der Waals surface area contributed by atoms with Crippen molar-refractivity contribution in [1.82, 2.24) is 15.7 Å². The summed E-state index contributed by atoms with van der Waals surface area (Å²) in [7, 11) is 1.45. The van der Waals surface area contributed by atoms with Gasteiger partial charge in [0.15, 0.2) is 11.5 Å². The molecule has 4 N–H and O–H groups in total. The van der Waals surface area contributed by atoms with Gasteiger partial charge in [0.1, 0.15) is 23.6 Å². The second-order valence-corrected chi connectivity index (χ2v) is 11.2. The third-order valence-corrected chi connectivity index (χ3v) is 8.27. The second kappa shape index (κ2) is 15.7. The number of nitrogens with one attached hydrogen (secondary N) is 2. The van der Waals surface area contributed by atoms with Gasteiger partial charge in [-0.05, 0) is 66.6 Å². The van der Waals surface area contributed by atoms with Crippen molar-refractivity contribution in [3.63, 3.8) is 0 Å². The molecule has 236 valence electrons. The van der Waals surface area contributed by atoms with E-state index in [-0.39, 0.29) is 35.4 Å². The molecule has 1 saturated heterocycles. The number of ether oxygens (including phenoxy) is 1. The van der Waals surface area contributed by atoms with E-state index in [2.05, 4.69) is 11.4 Å². The average molecular weight is 617 g/mol. The summed E-state index contributed by atoms with van der Waals surface area (Å²) in [6.45, 7) is 1.13. The molecule has 45 heavy (non-hydrogen) atoms. The van der Waals surface area contributed by atoms with Gasteiger partial charge in [-0.2, -0.15) is 10.5 Å². The summed E-state index contributed by atoms with van der Waals surface area (Å²) in [5, 5.41) is 41.8. The highest BCUT2D eigenvalue weighted by atomic mass is 19.1. The molecular weight excluding hydrogens is 579 g/mol. The number of phenolic OH excluding ortho intramolecular Hbond substituents is 1. The van der Waals surface area contributed by atoms with Crippen LogP contribution in [0.1, 0.15) is 74.0 Å². The van der Waals surface area contributed by atoms with Crippen LogP contribution < -0.4 is 15.5 Å². The van der Waals surface area contributed by atoms with Gasteiger partial charge in [0.25, 0.3) is 0 Å². The maximum Gasteiger partial charge on any atom is 0.243 e. The van der Waals surface area contributed by atoms with Gasteiger partial charge in [-0.3, -0.25) is 14.8 Å². The maximum absolute atomic E-state index is 14.8. The van der Waals surface area contributed by atoms with Crippen LogP contribution in [0.15, 0.2) is 47.6 Å². The van der Waals surface area contributed by atoms with Crippen LogP contribution in [0.2, 0.25) is 0 Å². The average Bonchev–Trinajstić information content (AvgIpc) is 3.05. The van der Waals surface area contributed by atoms with Gasteiger partial charge in [0.2, 0.25) is 11.8 Å². The highest BCUT2D eigenvalue weighted by Gasteiger charge is 2.38. The van der Waals surface area contributed by atoms with Crippen molar-refractivity contribution in [3.05, 3.63) is 65.1 Å². The molecule has 12 heteroatoms. The number of hydrogen-bond donors (Lipinski definition) is 4. The summed E-state index contributed by atoms with van der Waals surface area (Å²) in [4.78, 5) is 30.3. The van der Waals surface area contributed by atoms with E-state index in [9.17, 15) is 29.6 Å². The number of hydroxylamine groups is 1. The number of aromatic hydroxyl groups is 1. The van der Waals surface area contributed by atoms with E-state index in [1.54, 1.807) is 29.9 Å². The van der Waals surface area contributed by atoms with E-state index >= 15 is 0 Å². The SMILES string of the molecule is COc1ccc(C2=CN=C(N3CCC(NC(=O)CCCCCCC(=O)NO)CC3)C(C#N)C2c2ccc(C#N)c(F)c2)cc1O. The Labute approximate surface area is 261 Å². The molecule has 2 atom stereocenters. The molecule has 4 rings (SSSR count). The number of nitrogens with zero attached hydrogens (tertiary/aromatic N) is 4. The molecule has 2 heterocycles. The number of hydrogen-bond acceptors (Lipinski definition) is 9. The van der Waals surface area contributed by atoms with E-state index in [0.717, 1.165) is 12.8 Å². The number of phenols is 1. The van der Waals surface area contributed by atoms with Crippen molar-refractivity contribution >= 4 is 23.2 Å². The lowest BCUT2D eigenvalue weighted by atomic mass is 9.76. The van der Waals surface area contributed by atoms with Crippen LogP contribution in [0.4, 0.5) is 4.39 Å². The number of amidine groups is 1. The fraction of sp³-hybridized carbons (Fsp3) is 0.424. The molecule has 1 fully saturated rings. The van der Waals surface area contributed by atoms with Crippen LogP contribution in [0.5, 0.6) is 11.5 Å². The molecule has 0 radical (unpaired) electrons. The van der Waals surface area contributed by atoms with Crippen molar-refractivity contribution in [2.24, 2.45) is 10.9 Å². The Kier molecular flexibility index (Phi) is 11.5. The zero-order valence-corrected chi connectivity index (χ0v) is 25.1. The molecule has 0 saturated carbocycles. The molecule has 0 bridgehead atoms. The van der Waals surface area contributed by atoms with Gasteiger partial charge in [-0.1, -0.05) is 25.0 Å². The Morgan fingerprint density at radius 2 is 1.78 bits per heavy atom. The first kappa shape index (κ1) is 33.0. The Balaban J connectivity index is 1.45. The molecule has 2 amide bonds. The number of aliphatic imine (C=N–C) groups is 1. The molecule has 0 aliphatic carbocycles.